The average Bonchev–Trinajstić information content (AvgIpc) is 2.46. The van der Waals surface area contributed by atoms with Gasteiger partial charge in [-0.05, 0) is 23.3 Å². The Balaban J connectivity index is 2.01. The molecule has 0 fully saturated rings. The second-order valence-corrected chi connectivity index (χ2v) is 4.64. The standard InChI is InChI=1S/C15H14N2O2/c18-15(19)13-9-11-5-1-2-6-12(11)10-17(13)14-7-3-4-8-16-14/h1-8,13H,9-10H2,(H,18,19). The van der Waals surface area contributed by atoms with Crippen molar-refractivity contribution in [2.24, 2.45) is 0 Å². The summed E-state index contributed by atoms with van der Waals surface area (Å²) in [4.78, 5) is 17.6. The summed E-state index contributed by atoms with van der Waals surface area (Å²) in [7, 11) is 0. The molecule has 1 aromatic carbocycles. The fourth-order valence-electron chi connectivity index (χ4n) is 2.51. The molecule has 0 aliphatic carbocycles. The first kappa shape index (κ1) is 11.7. The van der Waals surface area contributed by atoms with E-state index in [9.17, 15) is 9.90 Å². The van der Waals surface area contributed by atoms with Gasteiger partial charge in [-0.25, -0.2) is 9.78 Å². The molecule has 1 aliphatic heterocycles. The molecule has 0 saturated carbocycles. The van der Waals surface area contributed by atoms with E-state index >= 15 is 0 Å². The summed E-state index contributed by atoms with van der Waals surface area (Å²) in [6, 6.07) is 13.0. The molecule has 4 heteroatoms. The average molecular weight is 254 g/mol. The molecule has 2 heterocycles. The zero-order valence-corrected chi connectivity index (χ0v) is 10.4. The van der Waals surface area contributed by atoms with Crippen LogP contribution in [-0.4, -0.2) is 22.1 Å². The van der Waals surface area contributed by atoms with Crippen molar-refractivity contribution in [1.29, 1.82) is 0 Å². The molecular weight excluding hydrogens is 240 g/mol. The van der Waals surface area contributed by atoms with Crippen molar-refractivity contribution in [2.75, 3.05) is 4.90 Å². The molecule has 1 unspecified atom stereocenters. The van der Waals surface area contributed by atoms with E-state index in [4.69, 9.17) is 0 Å². The van der Waals surface area contributed by atoms with Crippen molar-refractivity contribution in [3.63, 3.8) is 0 Å². The Kier molecular flexibility index (Phi) is 2.91. The molecule has 0 radical (unpaired) electrons. The van der Waals surface area contributed by atoms with Gasteiger partial charge in [-0.2, -0.15) is 0 Å². The van der Waals surface area contributed by atoms with Crippen LogP contribution in [-0.2, 0) is 17.8 Å². The Hall–Kier alpha value is -2.36. The van der Waals surface area contributed by atoms with Crippen LogP contribution in [0.5, 0.6) is 0 Å². The highest BCUT2D eigenvalue weighted by molar-refractivity contribution is 5.79. The van der Waals surface area contributed by atoms with Crippen LogP contribution in [0.3, 0.4) is 0 Å². The van der Waals surface area contributed by atoms with Crippen molar-refractivity contribution in [2.45, 2.75) is 19.0 Å². The molecule has 1 N–H and O–H groups in total. The second kappa shape index (κ2) is 4.72. The quantitative estimate of drug-likeness (QED) is 0.891. The highest BCUT2D eigenvalue weighted by atomic mass is 16.4. The molecule has 1 atom stereocenters. The van der Waals surface area contributed by atoms with Gasteiger partial charge in [-0.1, -0.05) is 30.3 Å². The fraction of sp³-hybridized carbons (Fsp3) is 0.200. The molecule has 4 nitrogen and oxygen atoms in total. The molecule has 0 bridgehead atoms. The van der Waals surface area contributed by atoms with Crippen molar-refractivity contribution in [3.8, 4) is 0 Å². The van der Waals surface area contributed by atoms with Crippen LogP contribution in [0, 0.1) is 0 Å². The van der Waals surface area contributed by atoms with Gasteiger partial charge in [-0.15, -0.1) is 0 Å². The maximum atomic E-state index is 11.5. The molecule has 0 spiro atoms. The lowest BCUT2D eigenvalue weighted by molar-refractivity contribution is -0.138. The maximum absolute atomic E-state index is 11.5. The highest BCUT2D eigenvalue weighted by Gasteiger charge is 2.31. The third-order valence-electron chi connectivity index (χ3n) is 3.48. The number of carboxylic acids is 1. The predicted octanol–water partition coefficient (Wildman–Crippen LogP) is 2.10. The van der Waals surface area contributed by atoms with Crippen LogP contribution in [0.2, 0.25) is 0 Å². The summed E-state index contributed by atoms with van der Waals surface area (Å²) in [5.74, 6) is -0.0930. The number of hydrogen-bond donors (Lipinski definition) is 1. The first-order valence-corrected chi connectivity index (χ1v) is 6.23. The molecule has 2 aromatic rings. The van der Waals surface area contributed by atoms with Crippen LogP contribution < -0.4 is 4.90 Å². The van der Waals surface area contributed by atoms with Crippen molar-refractivity contribution >= 4 is 11.8 Å². The zero-order valence-electron chi connectivity index (χ0n) is 10.4. The van der Waals surface area contributed by atoms with Crippen molar-refractivity contribution < 1.29 is 9.90 Å². The monoisotopic (exact) mass is 254 g/mol. The number of fused-ring (bicyclic) bond motifs is 1. The summed E-state index contributed by atoms with van der Waals surface area (Å²) in [5, 5.41) is 9.43. The molecule has 1 aliphatic rings. The number of carbonyl (C=O) groups is 1. The first-order valence-electron chi connectivity index (χ1n) is 6.23. The molecule has 3 rings (SSSR count). The lowest BCUT2D eigenvalue weighted by atomic mass is 9.94. The fourth-order valence-corrected chi connectivity index (χ4v) is 2.51. The molecular formula is C15H14N2O2. The molecule has 0 amide bonds. The van der Waals surface area contributed by atoms with Gasteiger partial charge < -0.3 is 10.0 Å². The first-order chi connectivity index (χ1) is 9.25. The van der Waals surface area contributed by atoms with E-state index in [1.807, 2.05) is 47.4 Å². The van der Waals surface area contributed by atoms with Crippen LogP contribution in [0.4, 0.5) is 5.82 Å². The topological polar surface area (TPSA) is 53.4 Å². The van der Waals surface area contributed by atoms with Gasteiger partial charge in [0.15, 0.2) is 0 Å². The van der Waals surface area contributed by atoms with Gasteiger partial charge in [0.25, 0.3) is 0 Å². The Labute approximate surface area is 111 Å². The number of hydrogen-bond acceptors (Lipinski definition) is 3. The number of anilines is 1. The summed E-state index contributed by atoms with van der Waals surface area (Å²) in [6.07, 6.45) is 2.21. The maximum Gasteiger partial charge on any atom is 0.326 e. The largest absolute Gasteiger partial charge is 0.480 e. The number of aromatic nitrogens is 1. The van der Waals surface area contributed by atoms with E-state index in [-0.39, 0.29) is 0 Å². The van der Waals surface area contributed by atoms with Crippen LogP contribution in [0.15, 0.2) is 48.7 Å². The lowest BCUT2D eigenvalue weighted by Gasteiger charge is -2.35. The normalized spacial score (nSPS) is 17.9. The van der Waals surface area contributed by atoms with Gasteiger partial charge in [0.05, 0.1) is 0 Å². The zero-order chi connectivity index (χ0) is 13.2. The number of carboxylic acid groups (broad SMARTS) is 1. The molecule has 1 aromatic heterocycles. The van der Waals surface area contributed by atoms with Crippen molar-refractivity contribution in [3.05, 3.63) is 59.8 Å². The van der Waals surface area contributed by atoms with E-state index in [1.165, 1.54) is 5.56 Å². The lowest BCUT2D eigenvalue weighted by Crippen LogP contribution is -2.46. The Morgan fingerprint density at radius 1 is 1.16 bits per heavy atom. The number of rotatable bonds is 2. The number of benzene rings is 1. The Morgan fingerprint density at radius 2 is 1.89 bits per heavy atom. The van der Waals surface area contributed by atoms with E-state index < -0.39 is 12.0 Å². The van der Waals surface area contributed by atoms with Crippen molar-refractivity contribution in [1.82, 2.24) is 4.98 Å². The van der Waals surface area contributed by atoms with Crippen LogP contribution >= 0.6 is 0 Å². The molecule has 0 saturated heterocycles. The van der Waals surface area contributed by atoms with E-state index in [0.717, 1.165) is 5.56 Å². The van der Waals surface area contributed by atoms with E-state index in [0.29, 0.717) is 18.8 Å². The highest BCUT2D eigenvalue weighted by Crippen LogP contribution is 2.27. The minimum absolute atomic E-state index is 0.516. The summed E-state index contributed by atoms with van der Waals surface area (Å²) in [5.41, 5.74) is 2.28. The number of pyridine rings is 1. The summed E-state index contributed by atoms with van der Waals surface area (Å²) < 4.78 is 0. The van der Waals surface area contributed by atoms with Gasteiger partial charge in [0, 0.05) is 19.2 Å². The number of aliphatic carboxylic acids is 1. The Morgan fingerprint density at radius 3 is 2.58 bits per heavy atom. The van der Waals surface area contributed by atoms with Crippen LogP contribution in [0.1, 0.15) is 11.1 Å². The van der Waals surface area contributed by atoms with E-state index in [1.54, 1.807) is 6.20 Å². The van der Waals surface area contributed by atoms with E-state index in [2.05, 4.69) is 4.98 Å². The number of nitrogens with zero attached hydrogens (tertiary/aromatic N) is 2. The molecule has 19 heavy (non-hydrogen) atoms. The SMILES string of the molecule is O=C(O)C1Cc2ccccc2CN1c1ccccn1. The summed E-state index contributed by atoms with van der Waals surface area (Å²) >= 11 is 0. The van der Waals surface area contributed by atoms with Gasteiger partial charge >= 0.3 is 5.97 Å². The third kappa shape index (κ3) is 2.17. The third-order valence-corrected chi connectivity index (χ3v) is 3.48. The molecule has 96 valence electrons. The van der Waals surface area contributed by atoms with Crippen LogP contribution in [0.25, 0.3) is 0 Å². The summed E-state index contributed by atoms with van der Waals surface area (Å²) in [6.45, 7) is 0.587. The Bertz CT molecular complexity index is 598. The minimum Gasteiger partial charge on any atom is -0.480 e. The predicted molar refractivity (Wildman–Crippen MR) is 72.0 cm³/mol. The van der Waals surface area contributed by atoms with Gasteiger partial charge in [0.2, 0.25) is 0 Å². The van der Waals surface area contributed by atoms with Gasteiger partial charge in [-0.3, -0.25) is 0 Å². The minimum atomic E-state index is -0.805. The van der Waals surface area contributed by atoms with Gasteiger partial charge in [0.1, 0.15) is 11.9 Å². The second-order valence-electron chi connectivity index (χ2n) is 4.64. The smallest absolute Gasteiger partial charge is 0.326 e.